The Hall–Kier alpha value is -2.06. The van der Waals surface area contributed by atoms with Gasteiger partial charge in [-0.15, -0.1) is 0 Å². The molecular formula is C14H17N3O2. The number of urea groups is 1. The fourth-order valence-corrected chi connectivity index (χ4v) is 2.02. The monoisotopic (exact) mass is 259 g/mol. The molecule has 1 aliphatic heterocycles. The number of carbonyl (C=O) groups excluding carboxylic acids is 1. The third kappa shape index (κ3) is 3.24. The van der Waals surface area contributed by atoms with Gasteiger partial charge in [0.1, 0.15) is 0 Å². The molecule has 1 N–H and O–H groups in total. The van der Waals surface area contributed by atoms with Gasteiger partial charge in [0.15, 0.2) is 0 Å². The van der Waals surface area contributed by atoms with E-state index >= 15 is 0 Å². The number of amides is 2. The Kier molecular flexibility index (Phi) is 4.03. The number of rotatable bonds is 1. The molecule has 0 saturated carbocycles. The van der Waals surface area contributed by atoms with Crippen LogP contribution in [-0.4, -0.2) is 36.7 Å². The van der Waals surface area contributed by atoms with E-state index in [0.29, 0.717) is 30.9 Å². The van der Waals surface area contributed by atoms with Crippen molar-refractivity contribution in [1.82, 2.24) is 4.90 Å². The fraction of sp³-hybridized carbons (Fsp3) is 0.429. The quantitative estimate of drug-likeness (QED) is 0.840. The zero-order valence-electron chi connectivity index (χ0n) is 11.1. The first-order chi connectivity index (χ1) is 9.10. The Bertz CT molecular complexity index is 522. The highest BCUT2D eigenvalue weighted by Gasteiger charge is 2.21. The lowest BCUT2D eigenvalue weighted by Gasteiger charge is -2.31. The zero-order chi connectivity index (χ0) is 13.8. The summed E-state index contributed by atoms with van der Waals surface area (Å²) in [5.41, 5.74) is 2.16. The predicted molar refractivity (Wildman–Crippen MR) is 71.9 cm³/mol. The van der Waals surface area contributed by atoms with Gasteiger partial charge in [-0.3, -0.25) is 0 Å². The molecule has 0 aromatic heterocycles. The number of hydrogen-bond acceptors (Lipinski definition) is 3. The Labute approximate surface area is 112 Å². The van der Waals surface area contributed by atoms with Gasteiger partial charge in [0, 0.05) is 18.8 Å². The summed E-state index contributed by atoms with van der Waals surface area (Å²) in [6, 6.07) is 7.18. The van der Waals surface area contributed by atoms with Crippen molar-refractivity contribution in [1.29, 1.82) is 5.26 Å². The largest absolute Gasteiger partial charge is 0.375 e. The number of benzene rings is 1. The van der Waals surface area contributed by atoms with Crippen LogP contribution in [0.15, 0.2) is 18.2 Å². The third-order valence-corrected chi connectivity index (χ3v) is 3.14. The number of hydrogen-bond donors (Lipinski definition) is 1. The molecule has 1 aromatic rings. The minimum absolute atomic E-state index is 0.0611. The Morgan fingerprint density at radius 1 is 1.58 bits per heavy atom. The van der Waals surface area contributed by atoms with E-state index < -0.39 is 0 Å². The molecule has 1 aromatic carbocycles. The first-order valence-corrected chi connectivity index (χ1v) is 6.28. The van der Waals surface area contributed by atoms with Gasteiger partial charge in [0.25, 0.3) is 0 Å². The standard InChI is InChI=1S/C14H17N3O2/c1-10-3-4-12(8-15)7-13(10)16-14(18)17-5-6-19-11(2)9-17/h3-4,7,11H,5-6,9H2,1-2H3,(H,16,18)/t11-/m1/s1. The molecule has 5 heteroatoms. The highest BCUT2D eigenvalue weighted by Crippen LogP contribution is 2.17. The van der Waals surface area contributed by atoms with E-state index in [1.807, 2.05) is 19.9 Å². The van der Waals surface area contributed by atoms with Gasteiger partial charge in [-0.1, -0.05) is 6.07 Å². The van der Waals surface area contributed by atoms with Crippen LogP contribution < -0.4 is 5.32 Å². The van der Waals surface area contributed by atoms with Crippen molar-refractivity contribution in [2.75, 3.05) is 25.0 Å². The summed E-state index contributed by atoms with van der Waals surface area (Å²) in [5.74, 6) is 0. The predicted octanol–water partition coefficient (Wildman–Crippen LogP) is 2.12. The summed E-state index contributed by atoms with van der Waals surface area (Å²) in [5, 5.41) is 11.7. The second kappa shape index (κ2) is 5.72. The lowest BCUT2D eigenvalue weighted by Crippen LogP contribution is -2.46. The number of nitrogens with one attached hydrogen (secondary N) is 1. The number of ether oxygens (including phenoxy) is 1. The molecule has 19 heavy (non-hydrogen) atoms. The van der Waals surface area contributed by atoms with Gasteiger partial charge < -0.3 is 15.0 Å². The summed E-state index contributed by atoms with van der Waals surface area (Å²) in [7, 11) is 0. The topological polar surface area (TPSA) is 65.4 Å². The maximum atomic E-state index is 12.1. The Balaban J connectivity index is 2.08. The van der Waals surface area contributed by atoms with Crippen molar-refractivity contribution in [2.24, 2.45) is 0 Å². The summed E-state index contributed by atoms with van der Waals surface area (Å²) in [6.07, 6.45) is 0.0611. The van der Waals surface area contributed by atoms with Gasteiger partial charge >= 0.3 is 6.03 Å². The van der Waals surface area contributed by atoms with E-state index in [1.54, 1.807) is 17.0 Å². The van der Waals surface area contributed by atoms with Crippen LogP contribution >= 0.6 is 0 Å². The summed E-state index contributed by atoms with van der Waals surface area (Å²) in [6.45, 7) is 5.58. The third-order valence-electron chi connectivity index (χ3n) is 3.14. The van der Waals surface area contributed by atoms with Crippen LogP contribution in [0.1, 0.15) is 18.1 Å². The average Bonchev–Trinajstić information content (AvgIpc) is 2.41. The lowest BCUT2D eigenvalue weighted by molar-refractivity contribution is -0.00138. The van der Waals surface area contributed by atoms with Crippen LogP contribution in [0.2, 0.25) is 0 Å². The lowest BCUT2D eigenvalue weighted by atomic mass is 10.1. The Morgan fingerprint density at radius 3 is 3.05 bits per heavy atom. The van der Waals surface area contributed by atoms with Crippen LogP contribution in [0, 0.1) is 18.3 Å². The molecule has 2 rings (SSSR count). The molecule has 0 spiro atoms. The van der Waals surface area contributed by atoms with Crippen molar-refractivity contribution < 1.29 is 9.53 Å². The van der Waals surface area contributed by atoms with Crippen molar-refractivity contribution in [3.8, 4) is 6.07 Å². The SMILES string of the molecule is Cc1ccc(C#N)cc1NC(=O)N1CCO[C@H](C)C1. The molecule has 1 saturated heterocycles. The number of nitriles is 1. The van der Waals surface area contributed by atoms with Gasteiger partial charge in [-0.25, -0.2) is 4.79 Å². The average molecular weight is 259 g/mol. The van der Waals surface area contributed by atoms with Gasteiger partial charge in [0.05, 0.1) is 24.3 Å². The molecule has 100 valence electrons. The molecule has 0 aliphatic carbocycles. The van der Waals surface area contributed by atoms with Crippen LogP contribution in [0.25, 0.3) is 0 Å². The van der Waals surface area contributed by atoms with E-state index in [1.165, 1.54) is 0 Å². The second-order valence-corrected chi connectivity index (χ2v) is 4.70. The molecule has 2 amide bonds. The van der Waals surface area contributed by atoms with Gasteiger partial charge in [0.2, 0.25) is 0 Å². The van der Waals surface area contributed by atoms with E-state index in [9.17, 15) is 4.79 Å². The maximum absolute atomic E-state index is 12.1. The summed E-state index contributed by atoms with van der Waals surface area (Å²) < 4.78 is 5.40. The van der Waals surface area contributed by atoms with Crippen molar-refractivity contribution >= 4 is 11.7 Å². The number of aryl methyl sites for hydroxylation is 1. The number of morpholine rings is 1. The maximum Gasteiger partial charge on any atom is 0.322 e. The van der Waals surface area contributed by atoms with E-state index in [4.69, 9.17) is 10.00 Å². The summed E-state index contributed by atoms with van der Waals surface area (Å²) >= 11 is 0. The number of anilines is 1. The van der Waals surface area contributed by atoms with E-state index in [-0.39, 0.29) is 12.1 Å². The first-order valence-electron chi connectivity index (χ1n) is 6.28. The van der Waals surface area contributed by atoms with Crippen LogP contribution in [0.4, 0.5) is 10.5 Å². The molecule has 1 aliphatic rings. The van der Waals surface area contributed by atoms with Crippen molar-refractivity contribution in [3.63, 3.8) is 0 Å². The minimum Gasteiger partial charge on any atom is -0.375 e. The molecule has 1 atom stereocenters. The molecule has 0 unspecified atom stereocenters. The molecule has 0 bridgehead atoms. The van der Waals surface area contributed by atoms with Gasteiger partial charge in [-0.05, 0) is 31.5 Å². The zero-order valence-corrected chi connectivity index (χ0v) is 11.1. The smallest absolute Gasteiger partial charge is 0.322 e. The van der Waals surface area contributed by atoms with Crippen LogP contribution in [0.3, 0.4) is 0 Å². The number of nitrogens with zero attached hydrogens (tertiary/aromatic N) is 2. The highest BCUT2D eigenvalue weighted by atomic mass is 16.5. The van der Waals surface area contributed by atoms with Gasteiger partial charge in [-0.2, -0.15) is 5.26 Å². The van der Waals surface area contributed by atoms with E-state index in [2.05, 4.69) is 11.4 Å². The number of carbonyl (C=O) groups is 1. The summed E-state index contributed by atoms with van der Waals surface area (Å²) in [4.78, 5) is 13.9. The Morgan fingerprint density at radius 2 is 2.37 bits per heavy atom. The van der Waals surface area contributed by atoms with Crippen LogP contribution in [-0.2, 0) is 4.74 Å². The minimum atomic E-state index is -0.145. The first kappa shape index (κ1) is 13.4. The molecule has 1 heterocycles. The normalized spacial score (nSPS) is 18.8. The molecular weight excluding hydrogens is 242 g/mol. The molecule has 5 nitrogen and oxygen atoms in total. The fourth-order valence-electron chi connectivity index (χ4n) is 2.02. The van der Waals surface area contributed by atoms with Crippen LogP contribution in [0.5, 0.6) is 0 Å². The molecule has 1 fully saturated rings. The van der Waals surface area contributed by atoms with Crippen molar-refractivity contribution in [3.05, 3.63) is 29.3 Å². The molecule has 0 radical (unpaired) electrons. The van der Waals surface area contributed by atoms with E-state index in [0.717, 1.165) is 5.56 Å². The second-order valence-electron chi connectivity index (χ2n) is 4.70. The highest BCUT2D eigenvalue weighted by molar-refractivity contribution is 5.90. The van der Waals surface area contributed by atoms with Crippen molar-refractivity contribution in [2.45, 2.75) is 20.0 Å².